The van der Waals surface area contributed by atoms with Gasteiger partial charge in [0.15, 0.2) is 5.79 Å². The van der Waals surface area contributed by atoms with Gasteiger partial charge in [0, 0.05) is 0 Å². The highest BCUT2D eigenvalue weighted by atomic mass is 35.5. The molecule has 0 spiro atoms. The third-order valence-electron chi connectivity index (χ3n) is 3.40. The van der Waals surface area contributed by atoms with Gasteiger partial charge in [0.1, 0.15) is 6.04 Å². The van der Waals surface area contributed by atoms with Crippen LogP contribution in [0.3, 0.4) is 0 Å². The molecule has 0 aromatic heterocycles. The van der Waals surface area contributed by atoms with E-state index in [0.717, 1.165) is 0 Å². The van der Waals surface area contributed by atoms with Gasteiger partial charge in [0.2, 0.25) is 0 Å². The van der Waals surface area contributed by atoms with Gasteiger partial charge in [-0.2, -0.15) is 0 Å². The number of alkyl halides is 1. The van der Waals surface area contributed by atoms with Crippen molar-refractivity contribution in [1.82, 2.24) is 5.12 Å². The zero-order chi connectivity index (χ0) is 11.1. The van der Waals surface area contributed by atoms with E-state index < -0.39 is 17.8 Å². The van der Waals surface area contributed by atoms with Crippen LogP contribution in [0.25, 0.3) is 0 Å². The number of carbonyl (C=O) groups excluding carboxylic acids is 1. The lowest BCUT2D eigenvalue weighted by Crippen LogP contribution is -2.60. The third-order valence-corrected chi connectivity index (χ3v) is 3.40. The van der Waals surface area contributed by atoms with Crippen LogP contribution in [0.2, 0.25) is 0 Å². The van der Waals surface area contributed by atoms with E-state index in [1.54, 1.807) is 6.92 Å². The molecule has 1 unspecified atom stereocenters. The van der Waals surface area contributed by atoms with Crippen LogP contribution in [0.15, 0.2) is 0 Å². The van der Waals surface area contributed by atoms with Crippen molar-refractivity contribution in [1.29, 1.82) is 0 Å². The van der Waals surface area contributed by atoms with Gasteiger partial charge in [-0.15, -0.1) is 16.9 Å². The molecule has 0 aromatic rings. The van der Waals surface area contributed by atoms with E-state index in [9.17, 15) is 13.7 Å². The topological polar surface area (TPSA) is 29.5 Å². The lowest BCUT2D eigenvalue weighted by Gasteiger charge is -2.48. The van der Waals surface area contributed by atoms with E-state index in [2.05, 4.69) is 0 Å². The summed E-state index contributed by atoms with van der Waals surface area (Å²) in [6.07, 6.45) is 1.51. The van der Waals surface area contributed by atoms with Gasteiger partial charge >= 0.3 is 5.97 Å². The first-order valence-corrected chi connectivity index (χ1v) is 5.39. The van der Waals surface area contributed by atoms with Crippen LogP contribution in [0.5, 0.6) is 0 Å². The van der Waals surface area contributed by atoms with Crippen molar-refractivity contribution in [3.8, 4) is 0 Å². The molecule has 3 rings (SSSR count). The molecule has 3 nitrogen and oxygen atoms in total. The number of nitrogens with zero attached hydrogens (tertiary/aromatic N) is 1. The number of rotatable bonds is 2. The van der Waals surface area contributed by atoms with Crippen LogP contribution in [-0.4, -0.2) is 29.5 Å². The number of piperidine rings is 2. The van der Waals surface area contributed by atoms with Crippen molar-refractivity contribution in [3.05, 3.63) is 0 Å². The molecule has 2 bridgehead atoms. The van der Waals surface area contributed by atoms with Crippen molar-refractivity contribution >= 4 is 18.4 Å². The van der Waals surface area contributed by atoms with Crippen molar-refractivity contribution in [3.63, 3.8) is 0 Å². The molecule has 3 fully saturated rings. The fourth-order valence-electron chi connectivity index (χ4n) is 2.56. The largest absolute Gasteiger partial charge is 0.465 e. The second-order valence-electron chi connectivity index (χ2n) is 4.26. The molecule has 1 saturated carbocycles. The summed E-state index contributed by atoms with van der Waals surface area (Å²) in [6, 6.07) is -1.03. The van der Waals surface area contributed by atoms with Crippen LogP contribution in [0.4, 0.5) is 8.87 Å². The first-order chi connectivity index (χ1) is 7.08. The second kappa shape index (κ2) is 4.84. The average molecular weight is 256 g/mol. The Hall–Kier alpha value is -0.420. The van der Waals surface area contributed by atoms with Crippen LogP contribution in [0.1, 0.15) is 32.6 Å². The van der Waals surface area contributed by atoms with E-state index >= 15 is 0 Å². The zero-order valence-corrected chi connectivity index (χ0v) is 9.93. The molecule has 16 heavy (non-hydrogen) atoms. The molecule has 1 atom stereocenters. The van der Waals surface area contributed by atoms with Gasteiger partial charge in [-0.1, -0.05) is 5.12 Å². The number of hydrogen-bond acceptors (Lipinski definition) is 3. The average Bonchev–Trinajstić information content (AvgIpc) is 2.20. The van der Waals surface area contributed by atoms with Crippen molar-refractivity contribution in [2.24, 2.45) is 5.92 Å². The van der Waals surface area contributed by atoms with E-state index in [4.69, 9.17) is 4.74 Å². The maximum absolute atomic E-state index is 13.9. The fourth-order valence-corrected chi connectivity index (χ4v) is 2.56. The molecule has 3 aliphatic rings. The van der Waals surface area contributed by atoms with E-state index in [-0.39, 0.29) is 42.9 Å². The monoisotopic (exact) mass is 255 g/mol. The Bertz CT molecular complexity index is 270. The van der Waals surface area contributed by atoms with E-state index in [1.807, 2.05) is 0 Å². The summed E-state index contributed by atoms with van der Waals surface area (Å²) in [5.41, 5.74) is 0. The maximum atomic E-state index is 13.9. The molecule has 0 aromatic carbocycles. The van der Waals surface area contributed by atoms with Gasteiger partial charge in [-0.3, -0.25) is 4.79 Å². The van der Waals surface area contributed by atoms with Crippen LogP contribution >= 0.6 is 12.4 Å². The Morgan fingerprint density at radius 2 is 2.06 bits per heavy atom. The van der Waals surface area contributed by atoms with Crippen molar-refractivity contribution in [2.75, 3.05) is 6.61 Å². The maximum Gasteiger partial charge on any atom is 0.326 e. The van der Waals surface area contributed by atoms with Gasteiger partial charge in [-0.25, -0.2) is 4.39 Å². The Kier molecular flexibility index (Phi) is 4.12. The lowest BCUT2D eigenvalue weighted by molar-refractivity contribution is -0.254. The number of hydrogen-bond donors (Lipinski definition) is 0. The zero-order valence-electron chi connectivity index (χ0n) is 9.12. The normalized spacial score (nSPS) is 37.9. The fraction of sp³-hybridized carbons (Fsp3) is 0.900. The van der Waals surface area contributed by atoms with Crippen LogP contribution < -0.4 is 0 Å². The molecule has 94 valence electrons. The van der Waals surface area contributed by atoms with E-state index in [1.165, 1.54) is 0 Å². The first kappa shape index (κ1) is 13.6. The molecular weight excluding hydrogens is 240 g/mol. The summed E-state index contributed by atoms with van der Waals surface area (Å²) in [6.45, 7) is 1.86. The minimum absolute atomic E-state index is 0. The minimum atomic E-state index is -1.94. The molecule has 2 saturated heterocycles. The van der Waals surface area contributed by atoms with E-state index in [0.29, 0.717) is 12.8 Å². The molecule has 0 N–H and O–H groups in total. The number of esters is 1. The molecule has 1 aliphatic carbocycles. The Balaban J connectivity index is 0.00000128. The quantitative estimate of drug-likeness (QED) is 0.431. The Morgan fingerprint density at radius 1 is 1.50 bits per heavy atom. The molecular formula is C10H16ClF2NO2. The number of halogens is 3. The van der Waals surface area contributed by atoms with Gasteiger partial charge in [0.05, 0.1) is 6.61 Å². The predicted molar refractivity (Wildman–Crippen MR) is 56.4 cm³/mol. The summed E-state index contributed by atoms with van der Waals surface area (Å²) in [7, 11) is 0. The Morgan fingerprint density at radius 3 is 2.56 bits per heavy atom. The summed E-state index contributed by atoms with van der Waals surface area (Å²) < 4.78 is 32.3. The molecule has 2 aliphatic heterocycles. The highest BCUT2D eigenvalue weighted by Crippen LogP contribution is 2.48. The lowest BCUT2D eigenvalue weighted by atomic mass is 9.74. The Labute approximate surface area is 99.5 Å². The molecule has 2 heterocycles. The predicted octanol–water partition coefficient (Wildman–Crippen LogP) is 2.40. The minimum Gasteiger partial charge on any atom is -0.465 e. The number of ether oxygens (including phenoxy) is 1. The number of fused-ring (bicyclic) bond motifs is 3. The second-order valence-corrected chi connectivity index (χ2v) is 4.26. The smallest absolute Gasteiger partial charge is 0.326 e. The standard InChI is InChI=1S/C10H15F2NO2.ClH/c1-2-15-9(14)8-7-3-5-10(11,6-4-7)13(8)12;/h7-8H,2-6H2,1H3;1H. The molecule has 0 amide bonds. The van der Waals surface area contributed by atoms with Crippen molar-refractivity contribution < 1.29 is 18.4 Å². The summed E-state index contributed by atoms with van der Waals surface area (Å²) in [5, 5.41) is 0.0860. The van der Waals surface area contributed by atoms with Crippen LogP contribution in [0, 0.1) is 5.92 Å². The highest BCUT2D eigenvalue weighted by Gasteiger charge is 2.56. The van der Waals surface area contributed by atoms with Gasteiger partial charge in [-0.05, 0) is 38.5 Å². The SMILES string of the molecule is CCOC(=O)C1C2CCC(F)(CC2)N1F.Cl. The first-order valence-electron chi connectivity index (χ1n) is 5.39. The molecule has 6 heteroatoms. The summed E-state index contributed by atoms with van der Waals surface area (Å²) in [5.74, 6) is -2.66. The summed E-state index contributed by atoms with van der Waals surface area (Å²) in [4.78, 5) is 11.5. The van der Waals surface area contributed by atoms with Gasteiger partial charge < -0.3 is 4.74 Å². The number of carbonyl (C=O) groups is 1. The molecule has 0 radical (unpaired) electrons. The van der Waals surface area contributed by atoms with Crippen LogP contribution in [-0.2, 0) is 9.53 Å². The third kappa shape index (κ3) is 2.02. The van der Waals surface area contributed by atoms with Gasteiger partial charge in [0.25, 0.3) is 0 Å². The summed E-state index contributed by atoms with van der Waals surface area (Å²) >= 11 is 0. The highest BCUT2D eigenvalue weighted by molar-refractivity contribution is 5.85. The van der Waals surface area contributed by atoms with Crippen molar-refractivity contribution in [2.45, 2.75) is 44.4 Å².